The Morgan fingerprint density at radius 3 is 2.76 bits per heavy atom. The van der Waals surface area contributed by atoms with E-state index in [1.807, 2.05) is 0 Å². The molecule has 1 aliphatic carbocycles. The summed E-state index contributed by atoms with van der Waals surface area (Å²) in [5.74, 6) is -0.558. The number of hydrogen-bond donors (Lipinski definition) is 2. The summed E-state index contributed by atoms with van der Waals surface area (Å²) < 4.78 is 15.6. The van der Waals surface area contributed by atoms with Crippen molar-refractivity contribution in [3.63, 3.8) is 0 Å². The standard InChI is InChI=1S/C18H17FN4O2/c19-14-9-13(24)6-7-15(14)21-18-20-10-11-5-8-16(25)23(17(11)22-18)12-3-1-2-4-12/h5-10,12,24H,1-4H2,(H,20,21,22). The Kier molecular flexibility index (Phi) is 3.83. The van der Waals surface area contributed by atoms with Crippen LogP contribution in [0.15, 0.2) is 41.3 Å². The van der Waals surface area contributed by atoms with Crippen LogP contribution >= 0.6 is 0 Å². The quantitative estimate of drug-likeness (QED) is 0.714. The highest BCUT2D eigenvalue weighted by Crippen LogP contribution is 2.30. The molecule has 2 aromatic heterocycles. The van der Waals surface area contributed by atoms with Crippen molar-refractivity contribution in [2.24, 2.45) is 0 Å². The van der Waals surface area contributed by atoms with Gasteiger partial charge in [0.05, 0.1) is 5.69 Å². The second kappa shape index (κ2) is 6.16. The number of rotatable bonds is 3. The van der Waals surface area contributed by atoms with Crippen molar-refractivity contribution in [3.8, 4) is 5.75 Å². The van der Waals surface area contributed by atoms with Gasteiger partial charge >= 0.3 is 0 Å². The number of anilines is 2. The van der Waals surface area contributed by atoms with Gasteiger partial charge in [0.1, 0.15) is 17.2 Å². The summed E-state index contributed by atoms with van der Waals surface area (Å²) in [5.41, 5.74) is 0.624. The molecule has 7 heteroatoms. The number of hydrogen-bond acceptors (Lipinski definition) is 5. The van der Waals surface area contributed by atoms with Gasteiger partial charge in [-0.1, -0.05) is 12.8 Å². The van der Waals surface area contributed by atoms with E-state index in [9.17, 15) is 14.3 Å². The normalized spacial score (nSPS) is 14.9. The van der Waals surface area contributed by atoms with E-state index < -0.39 is 5.82 Å². The van der Waals surface area contributed by atoms with Gasteiger partial charge in [-0.25, -0.2) is 9.37 Å². The Hall–Kier alpha value is -2.96. The van der Waals surface area contributed by atoms with Gasteiger partial charge in [0.25, 0.3) is 5.56 Å². The topological polar surface area (TPSA) is 80.0 Å². The van der Waals surface area contributed by atoms with E-state index in [4.69, 9.17) is 0 Å². The van der Waals surface area contributed by atoms with Crippen molar-refractivity contribution in [3.05, 3.63) is 52.7 Å². The Labute approximate surface area is 143 Å². The van der Waals surface area contributed by atoms with Gasteiger partial charge in [-0.3, -0.25) is 9.36 Å². The first-order chi connectivity index (χ1) is 12.1. The Bertz CT molecular complexity index is 996. The van der Waals surface area contributed by atoms with Gasteiger partial charge < -0.3 is 10.4 Å². The minimum atomic E-state index is -0.607. The summed E-state index contributed by atoms with van der Waals surface area (Å²) in [6, 6.07) is 7.18. The zero-order chi connectivity index (χ0) is 17.4. The molecular formula is C18H17FN4O2. The molecule has 3 aromatic rings. The van der Waals surface area contributed by atoms with Crippen molar-refractivity contribution in [1.82, 2.24) is 14.5 Å². The van der Waals surface area contributed by atoms with Crippen molar-refractivity contribution < 1.29 is 9.50 Å². The summed E-state index contributed by atoms with van der Waals surface area (Å²) >= 11 is 0. The first-order valence-corrected chi connectivity index (χ1v) is 8.26. The number of halogens is 1. The van der Waals surface area contributed by atoms with Gasteiger partial charge in [0.2, 0.25) is 5.95 Å². The number of pyridine rings is 1. The second-order valence-corrected chi connectivity index (χ2v) is 6.24. The molecule has 0 radical (unpaired) electrons. The smallest absolute Gasteiger partial charge is 0.252 e. The number of nitrogens with zero attached hydrogens (tertiary/aromatic N) is 3. The van der Waals surface area contributed by atoms with Crippen LogP contribution in [0.3, 0.4) is 0 Å². The molecule has 0 aliphatic heterocycles. The Morgan fingerprint density at radius 2 is 2.00 bits per heavy atom. The maximum absolute atomic E-state index is 13.9. The first-order valence-electron chi connectivity index (χ1n) is 8.26. The summed E-state index contributed by atoms with van der Waals surface area (Å²) in [6.07, 6.45) is 5.73. The number of benzene rings is 1. The predicted molar refractivity (Wildman–Crippen MR) is 92.7 cm³/mol. The van der Waals surface area contributed by atoms with Crippen LogP contribution in [0.25, 0.3) is 11.0 Å². The maximum atomic E-state index is 13.9. The molecule has 2 heterocycles. The molecule has 4 rings (SSSR count). The number of nitrogens with one attached hydrogen (secondary N) is 1. The van der Waals surface area contributed by atoms with Crippen LogP contribution < -0.4 is 10.9 Å². The minimum absolute atomic E-state index is 0.0835. The van der Waals surface area contributed by atoms with E-state index in [0.29, 0.717) is 5.65 Å². The average molecular weight is 340 g/mol. The van der Waals surface area contributed by atoms with Crippen molar-refractivity contribution in [2.75, 3.05) is 5.32 Å². The summed E-state index contributed by atoms with van der Waals surface area (Å²) in [5, 5.41) is 12.9. The van der Waals surface area contributed by atoms with E-state index in [1.54, 1.807) is 16.8 Å². The highest BCUT2D eigenvalue weighted by molar-refractivity contribution is 5.75. The van der Waals surface area contributed by atoms with E-state index in [1.165, 1.54) is 18.2 Å². The lowest BCUT2D eigenvalue weighted by Gasteiger charge is -2.16. The van der Waals surface area contributed by atoms with Gasteiger partial charge in [-0.05, 0) is 31.0 Å². The van der Waals surface area contributed by atoms with Crippen molar-refractivity contribution >= 4 is 22.7 Å². The number of phenolic OH excluding ortho intramolecular Hbond substituents is 1. The van der Waals surface area contributed by atoms with Gasteiger partial charge in [-0.2, -0.15) is 4.98 Å². The number of aromatic hydroxyl groups is 1. The maximum Gasteiger partial charge on any atom is 0.252 e. The molecule has 0 amide bonds. The van der Waals surface area contributed by atoms with Gasteiger partial charge in [0.15, 0.2) is 0 Å². The lowest BCUT2D eigenvalue weighted by Crippen LogP contribution is -2.23. The van der Waals surface area contributed by atoms with Crippen LogP contribution in [0, 0.1) is 5.82 Å². The molecule has 0 unspecified atom stereocenters. The molecule has 1 aromatic carbocycles. The first kappa shape index (κ1) is 15.6. The van der Waals surface area contributed by atoms with E-state index in [-0.39, 0.29) is 29.0 Å². The second-order valence-electron chi connectivity index (χ2n) is 6.24. The lowest BCUT2D eigenvalue weighted by molar-refractivity contribution is 0.469. The lowest BCUT2D eigenvalue weighted by atomic mass is 10.2. The van der Waals surface area contributed by atoms with Crippen LogP contribution in [0.4, 0.5) is 16.0 Å². The largest absolute Gasteiger partial charge is 0.508 e. The monoisotopic (exact) mass is 340 g/mol. The zero-order valence-electron chi connectivity index (χ0n) is 13.4. The third-order valence-electron chi connectivity index (χ3n) is 4.56. The van der Waals surface area contributed by atoms with Crippen LogP contribution in [0.1, 0.15) is 31.7 Å². The summed E-state index contributed by atoms with van der Waals surface area (Å²) in [6.45, 7) is 0. The average Bonchev–Trinajstić information content (AvgIpc) is 3.11. The predicted octanol–water partition coefficient (Wildman–Crippen LogP) is 3.49. The van der Waals surface area contributed by atoms with E-state index in [0.717, 1.165) is 37.1 Å². The fraction of sp³-hybridized carbons (Fsp3) is 0.278. The molecule has 0 saturated heterocycles. The number of fused-ring (bicyclic) bond motifs is 1. The number of phenols is 1. The van der Waals surface area contributed by atoms with Crippen LogP contribution in [0.5, 0.6) is 5.75 Å². The third-order valence-corrected chi connectivity index (χ3v) is 4.56. The molecule has 128 valence electrons. The van der Waals surface area contributed by atoms with Crippen LogP contribution in [-0.4, -0.2) is 19.6 Å². The summed E-state index contributed by atoms with van der Waals surface area (Å²) in [7, 11) is 0. The van der Waals surface area contributed by atoms with Crippen LogP contribution in [-0.2, 0) is 0 Å². The Morgan fingerprint density at radius 1 is 1.20 bits per heavy atom. The molecule has 0 bridgehead atoms. The van der Waals surface area contributed by atoms with Crippen molar-refractivity contribution in [2.45, 2.75) is 31.7 Å². The fourth-order valence-electron chi connectivity index (χ4n) is 3.34. The zero-order valence-corrected chi connectivity index (χ0v) is 13.4. The van der Waals surface area contributed by atoms with E-state index >= 15 is 0 Å². The van der Waals surface area contributed by atoms with Crippen LogP contribution in [0.2, 0.25) is 0 Å². The molecule has 0 spiro atoms. The van der Waals surface area contributed by atoms with Gasteiger partial charge in [-0.15, -0.1) is 0 Å². The molecule has 0 atom stereocenters. The SMILES string of the molecule is O=c1ccc2cnc(Nc3ccc(O)cc3F)nc2n1C1CCCC1. The Balaban J connectivity index is 1.78. The van der Waals surface area contributed by atoms with Crippen molar-refractivity contribution in [1.29, 1.82) is 0 Å². The molecule has 2 N–H and O–H groups in total. The minimum Gasteiger partial charge on any atom is -0.508 e. The highest BCUT2D eigenvalue weighted by Gasteiger charge is 2.20. The number of aromatic nitrogens is 3. The fourth-order valence-corrected chi connectivity index (χ4v) is 3.34. The third kappa shape index (κ3) is 2.93. The molecule has 1 fully saturated rings. The molecule has 25 heavy (non-hydrogen) atoms. The molecular weight excluding hydrogens is 323 g/mol. The highest BCUT2D eigenvalue weighted by atomic mass is 19.1. The van der Waals surface area contributed by atoms with Gasteiger partial charge in [0, 0.05) is 29.8 Å². The molecule has 6 nitrogen and oxygen atoms in total. The van der Waals surface area contributed by atoms with E-state index in [2.05, 4.69) is 15.3 Å². The summed E-state index contributed by atoms with van der Waals surface area (Å²) in [4.78, 5) is 21.0. The molecule has 1 saturated carbocycles. The molecule has 1 aliphatic rings.